The van der Waals surface area contributed by atoms with Gasteiger partial charge in [0.05, 0.1) is 16.8 Å². The standard InChI is InChI=1S/C17H17ClFNO/c1-10(2)16-17(11-6-4-3-5-7-11)21-15-9-13(19)12(18)8-14(15)20-16/h3-10,16-17,20H,1-2H3. The Labute approximate surface area is 128 Å². The molecule has 1 N–H and O–H groups in total. The van der Waals surface area contributed by atoms with E-state index in [9.17, 15) is 4.39 Å². The van der Waals surface area contributed by atoms with Gasteiger partial charge in [-0.3, -0.25) is 0 Å². The molecule has 0 aliphatic carbocycles. The molecule has 0 saturated heterocycles. The molecule has 2 atom stereocenters. The summed E-state index contributed by atoms with van der Waals surface area (Å²) in [4.78, 5) is 0. The van der Waals surface area contributed by atoms with Gasteiger partial charge in [-0.2, -0.15) is 0 Å². The summed E-state index contributed by atoms with van der Waals surface area (Å²) in [5.74, 6) is 0.391. The molecule has 1 aliphatic rings. The summed E-state index contributed by atoms with van der Waals surface area (Å²) in [6.07, 6.45) is -0.153. The van der Waals surface area contributed by atoms with Crippen LogP contribution >= 0.6 is 11.6 Å². The fraction of sp³-hybridized carbons (Fsp3) is 0.294. The molecule has 0 aromatic heterocycles. The quantitative estimate of drug-likeness (QED) is 0.838. The van der Waals surface area contributed by atoms with Crippen molar-refractivity contribution in [1.29, 1.82) is 0 Å². The summed E-state index contributed by atoms with van der Waals surface area (Å²) >= 11 is 5.86. The van der Waals surface area contributed by atoms with E-state index in [4.69, 9.17) is 16.3 Å². The molecule has 2 aromatic carbocycles. The Morgan fingerprint density at radius 2 is 1.90 bits per heavy atom. The number of benzene rings is 2. The molecule has 1 heterocycles. The van der Waals surface area contributed by atoms with Gasteiger partial charge in [-0.1, -0.05) is 55.8 Å². The van der Waals surface area contributed by atoms with Gasteiger partial charge < -0.3 is 10.1 Å². The molecule has 0 amide bonds. The Kier molecular flexibility index (Phi) is 3.77. The number of fused-ring (bicyclic) bond motifs is 1. The molecule has 2 unspecified atom stereocenters. The summed E-state index contributed by atoms with van der Waals surface area (Å²) in [6, 6.07) is 13.0. The molecule has 0 radical (unpaired) electrons. The molecule has 0 saturated carbocycles. The first kappa shape index (κ1) is 14.2. The highest BCUT2D eigenvalue weighted by Crippen LogP contribution is 2.41. The van der Waals surface area contributed by atoms with E-state index in [1.807, 2.05) is 30.3 Å². The van der Waals surface area contributed by atoms with E-state index in [1.54, 1.807) is 6.07 Å². The highest BCUT2D eigenvalue weighted by molar-refractivity contribution is 6.31. The van der Waals surface area contributed by atoms with Crippen LogP contribution in [-0.4, -0.2) is 6.04 Å². The second-order valence-corrected chi connectivity index (χ2v) is 6.03. The van der Waals surface area contributed by atoms with Crippen molar-refractivity contribution in [2.24, 2.45) is 5.92 Å². The predicted octanol–water partition coefficient (Wildman–Crippen LogP) is 5.05. The summed E-state index contributed by atoms with van der Waals surface area (Å²) in [5, 5.41) is 3.54. The van der Waals surface area contributed by atoms with E-state index in [2.05, 4.69) is 19.2 Å². The first-order valence-electron chi connectivity index (χ1n) is 7.03. The van der Waals surface area contributed by atoms with Crippen LogP contribution in [0.3, 0.4) is 0 Å². The number of anilines is 1. The van der Waals surface area contributed by atoms with Gasteiger partial charge in [0.2, 0.25) is 0 Å². The second-order valence-electron chi connectivity index (χ2n) is 5.63. The second kappa shape index (κ2) is 5.57. The molecule has 4 heteroatoms. The van der Waals surface area contributed by atoms with E-state index >= 15 is 0 Å². The Morgan fingerprint density at radius 3 is 2.57 bits per heavy atom. The van der Waals surface area contributed by atoms with Crippen molar-refractivity contribution >= 4 is 17.3 Å². The van der Waals surface area contributed by atoms with Crippen molar-refractivity contribution in [3.63, 3.8) is 0 Å². The highest BCUT2D eigenvalue weighted by atomic mass is 35.5. The maximum atomic E-state index is 13.7. The van der Waals surface area contributed by atoms with E-state index in [0.29, 0.717) is 11.7 Å². The third-order valence-electron chi connectivity index (χ3n) is 3.77. The Bertz CT molecular complexity index is 645. The molecule has 0 fully saturated rings. The largest absolute Gasteiger partial charge is 0.481 e. The number of halogens is 2. The van der Waals surface area contributed by atoms with Crippen LogP contribution in [0.2, 0.25) is 5.02 Å². The van der Waals surface area contributed by atoms with Crippen LogP contribution in [-0.2, 0) is 0 Å². The van der Waals surface area contributed by atoms with E-state index in [1.165, 1.54) is 6.07 Å². The van der Waals surface area contributed by atoms with Crippen molar-refractivity contribution in [2.75, 3.05) is 5.32 Å². The average molecular weight is 306 g/mol. The zero-order chi connectivity index (χ0) is 15.0. The van der Waals surface area contributed by atoms with Crippen molar-refractivity contribution in [1.82, 2.24) is 0 Å². The maximum Gasteiger partial charge on any atom is 0.146 e. The number of hydrogen-bond donors (Lipinski definition) is 1. The zero-order valence-corrected chi connectivity index (χ0v) is 12.7. The topological polar surface area (TPSA) is 21.3 Å². The van der Waals surface area contributed by atoms with E-state index in [-0.39, 0.29) is 17.2 Å². The summed E-state index contributed by atoms with van der Waals surface area (Å²) in [5.41, 5.74) is 1.82. The fourth-order valence-corrected chi connectivity index (χ4v) is 2.80. The Hall–Kier alpha value is -1.74. The summed E-state index contributed by atoms with van der Waals surface area (Å²) in [6.45, 7) is 4.26. The minimum absolute atomic E-state index is 0.0985. The van der Waals surface area contributed by atoms with Gasteiger partial charge in [-0.05, 0) is 17.5 Å². The van der Waals surface area contributed by atoms with Crippen molar-refractivity contribution in [3.05, 3.63) is 58.9 Å². The third-order valence-corrected chi connectivity index (χ3v) is 4.06. The summed E-state index contributed by atoms with van der Waals surface area (Å²) in [7, 11) is 0. The van der Waals surface area contributed by atoms with Crippen LogP contribution in [0.15, 0.2) is 42.5 Å². The summed E-state index contributed by atoms with van der Waals surface area (Å²) < 4.78 is 19.7. The van der Waals surface area contributed by atoms with Crippen LogP contribution < -0.4 is 10.1 Å². The van der Waals surface area contributed by atoms with Crippen LogP contribution in [0.1, 0.15) is 25.5 Å². The van der Waals surface area contributed by atoms with Gasteiger partial charge >= 0.3 is 0 Å². The van der Waals surface area contributed by atoms with Gasteiger partial charge in [0.1, 0.15) is 17.7 Å². The lowest BCUT2D eigenvalue weighted by atomic mass is 9.91. The third kappa shape index (κ3) is 2.70. The van der Waals surface area contributed by atoms with Gasteiger partial charge in [0, 0.05) is 6.07 Å². The van der Waals surface area contributed by atoms with Crippen molar-refractivity contribution < 1.29 is 9.13 Å². The molecule has 0 bridgehead atoms. The molecule has 3 rings (SSSR count). The molecule has 0 spiro atoms. The molecular weight excluding hydrogens is 289 g/mol. The minimum atomic E-state index is -0.466. The van der Waals surface area contributed by atoms with Gasteiger partial charge in [0.15, 0.2) is 0 Å². The number of nitrogens with one attached hydrogen (secondary N) is 1. The van der Waals surface area contributed by atoms with Crippen LogP contribution in [0.25, 0.3) is 0 Å². The van der Waals surface area contributed by atoms with Gasteiger partial charge in [-0.25, -0.2) is 4.39 Å². The maximum absolute atomic E-state index is 13.7. The van der Waals surface area contributed by atoms with Gasteiger partial charge in [0.25, 0.3) is 0 Å². The smallest absolute Gasteiger partial charge is 0.146 e. The van der Waals surface area contributed by atoms with Crippen molar-refractivity contribution in [2.45, 2.75) is 26.0 Å². The molecule has 2 aromatic rings. The highest BCUT2D eigenvalue weighted by Gasteiger charge is 2.33. The van der Waals surface area contributed by atoms with Crippen LogP contribution in [0, 0.1) is 11.7 Å². The van der Waals surface area contributed by atoms with Crippen LogP contribution in [0.5, 0.6) is 5.75 Å². The van der Waals surface area contributed by atoms with E-state index in [0.717, 1.165) is 11.3 Å². The first-order valence-corrected chi connectivity index (χ1v) is 7.41. The SMILES string of the molecule is CC(C)C1Nc2cc(Cl)c(F)cc2OC1c1ccccc1. The van der Waals surface area contributed by atoms with E-state index < -0.39 is 5.82 Å². The van der Waals surface area contributed by atoms with Crippen molar-refractivity contribution in [3.8, 4) is 5.75 Å². The lowest BCUT2D eigenvalue weighted by molar-refractivity contribution is 0.149. The molecule has 1 aliphatic heterocycles. The van der Waals surface area contributed by atoms with Gasteiger partial charge in [-0.15, -0.1) is 0 Å². The number of hydrogen-bond acceptors (Lipinski definition) is 2. The first-order chi connectivity index (χ1) is 10.1. The molecule has 110 valence electrons. The van der Waals surface area contributed by atoms with Crippen LogP contribution in [0.4, 0.5) is 10.1 Å². The Morgan fingerprint density at radius 1 is 1.19 bits per heavy atom. The number of rotatable bonds is 2. The molecule has 21 heavy (non-hydrogen) atoms. The molecular formula is C17H17ClFNO. The Balaban J connectivity index is 2.02. The minimum Gasteiger partial charge on any atom is -0.481 e. The average Bonchev–Trinajstić information content (AvgIpc) is 2.48. The lowest BCUT2D eigenvalue weighted by Crippen LogP contribution is -2.39. The number of ether oxygens (including phenoxy) is 1. The zero-order valence-electron chi connectivity index (χ0n) is 11.9. The fourth-order valence-electron chi connectivity index (χ4n) is 2.64. The monoisotopic (exact) mass is 305 g/mol. The predicted molar refractivity (Wildman–Crippen MR) is 83.5 cm³/mol. The normalized spacial score (nSPS) is 20.6. The lowest BCUT2D eigenvalue weighted by Gasteiger charge is -2.37. The molecule has 2 nitrogen and oxygen atoms in total.